The van der Waals surface area contributed by atoms with Crippen molar-refractivity contribution in [2.24, 2.45) is 0 Å². The molecule has 0 spiro atoms. The number of hydrogen-bond acceptors (Lipinski definition) is 5. The molecule has 33 heavy (non-hydrogen) atoms. The van der Waals surface area contributed by atoms with Gasteiger partial charge >= 0.3 is 0 Å². The van der Waals surface area contributed by atoms with E-state index in [1.54, 1.807) is 6.07 Å². The minimum atomic E-state index is -0.288. The second-order valence-electron chi connectivity index (χ2n) is 8.35. The molecule has 2 heterocycles. The van der Waals surface area contributed by atoms with Crippen molar-refractivity contribution in [3.63, 3.8) is 0 Å². The first kappa shape index (κ1) is 22.9. The average molecular weight is 447 g/mol. The summed E-state index contributed by atoms with van der Waals surface area (Å²) in [5.74, 6) is -0.126. The van der Waals surface area contributed by atoms with Gasteiger partial charge in [0.2, 0.25) is 5.91 Å². The maximum atomic E-state index is 13.5. The molecule has 1 fully saturated rings. The Morgan fingerprint density at radius 2 is 1.67 bits per heavy atom. The van der Waals surface area contributed by atoms with E-state index in [9.17, 15) is 9.59 Å². The number of carbonyl (C=O) groups excluding carboxylic acids is 1. The summed E-state index contributed by atoms with van der Waals surface area (Å²) >= 11 is 0. The van der Waals surface area contributed by atoms with E-state index in [4.69, 9.17) is 4.74 Å². The van der Waals surface area contributed by atoms with Crippen molar-refractivity contribution in [3.05, 3.63) is 88.7 Å². The summed E-state index contributed by atoms with van der Waals surface area (Å²) in [6, 6.07) is 22.7. The lowest BCUT2D eigenvalue weighted by Gasteiger charge is -2.35. The first-order valence-electron chi connectivity index (χ1n) is 11.4. The number of hydrogen-bond donors (Lipinski definition) is 0. The second kappa shape index (κ2) is 11.0. The highest BCUT2D eigenvalue weighted by atomic mass is 16.5. The van der Waals surface area contributed by atoms with Crippen LogP contribution in [0.15, 0.2) is 77.6 Å². The number of rotatable bonds is 8. The topological polar surface area (TPSA) is 67.7 Å². The van der Waals surface area contributed by atoms with Gasteiger partial charge in [-0.15, -0.1) is 0 Å². The number of carbonyl (C=O) groups is 1. The van der Waals surface area contributed by atoms with Gasteiger partial charge in [-0.25, -0.2) is 4.68 Å². The Morgan fingerprint density at radius 1 is 1.00 bits per heavy atom. The third-order valence-corrected chi connectivity index (χ3v) is 5.90. The van der Waals surface area contributed by atoms with Gasteiger partial charge in [0.15, 0.2) is 0 Å². The van der Waals surface area contributed by atoms with E-state index < -0.39 is 0 Å². The Hall–Kier alpha value is -3.29. The Morgan fingerprint density at radius 3 is 2.36 bits per heavy atom. The third kappa shape index (κ3) is 6.15. The van der Waals surface area contributed by atoms with Crippen molar-refractivity contribution >= 4 is 5.91 Å². The molecule has 7 nitrogen and oxygen atoms in total. The van der Waals surface area contributed by atoms with Crippen molar-refractivity contribution in [2.75, 3.05) is 32.8 Å². The third-order valence-electron chi connectivity index (χ3n) is 5.90. The first-order chi connectivity index (χ1) is 16.1. The summed E-state index contributed by atoms with van der Waals surface area (Å²) in [4.78, 5) is 30.2. The quantitative estimate of drug-likeness (QED) is 0.532. The van der Waals surface area contributed by atoms with Crippen LogP contribution < -0.4 is 5.56 Å². The van der Waals surface area contributed by atoms with Gasteiger partial charge in [0.05, 0.1) is 18.9 Å². The summed E-state index contributed by atoms with van der Waals surface area (Å²) in [6.07, 6.45) is 0. The van der Waals surface area contributed by atoms with Crippen LogP contribution >= 0.6 is 0 Å². The minimum Gasteiger partial charge on any atom is -0.379 e. The lowest BCUT2D eigenvalue weighted by atomic mass is 10.1. The van der Waals surface area contributed by atoms with Gasteiger partial charge in [0.1, 0.15) is 6.54 Å². The van der Waals surface area contributed by atoms with Crippen molar-refractivity contribution in [3.8, 4) is 11.3 Å². The SMILES string of the molecule is CC(CN1CCOCC1)N(Cc1ccccc1)C(=O)Cn1nc(-c2ccccc2)ccc1=O. The summed E-state index contributed by atoms with van der Waals surface area (Å²) in [5.41, 5.74) is 2.33. The zero-order valence-electron chi connectivity index (χ0n) is 19.0. The maximum Gasteiger partial charge on any atom is 0.267 e. The molecule has 0 aliphatic carbocycles. The van der Waals surface area contributed by atoms with Gasteiger partial charge < -0.3 is 9.64 Å². The van der Waals surface area contributed by atoms with Crippen LogP contribution in [0, 0.1) is 0 Å². The number of amides is 1. The molecule has 1 atom stereocenters. The fourth-order valence-electron chi connectivity index (χ4n) is 4.07. The fraction of sp³-hybridized carbons (Fsp3) is 0.346. The highest BCUT2D eigenvalue weighted by Crippen LogP contribution is 2.15. The Kier molecular flexibility index (Phi) is 7.65. The van der Waals surface area contributed by atoms with Gasteiger partial charge in [0, 0.05) is 43.9 Å². The summed E-state index contributed by atoms with van der Waals surface area (Å²) in [6.45, 7) is 6.35. The van der Waals surface area contributed by atoms with Gasteiger partial charge in [-0.1, -0.05) is 60.7 Å². The molecule has 1 amide bonds. The van der Waals surface area contributed by atoms with Crippen LogP contribution in [0.25, 0.3) is 11.3 Å². The number of morpholine rings is 1. The summed E-state index contributed by atoms with van der Waals surface area (Å²) in [5, 5.41) is 4.48. The molecular formula is C26H30N4O3. The molecule has 0 bridgehead atoms. The molecule has 0 N–H and O–H groups in total. The normalized spacial score (nSPS) is 15.2. The van der Waals surface area contributed by atoms with Crippen LogP contribution in [0.5, 0.6) is 0 Å². The summed E-state index contributed by atoms with van der Waals surface area (Å²) < 4.78 is 6.72. The van der Waals surface area contributed by atoms with Crippen LogP contribution in [-0.4, -0.2) is 64.4 Å². The zero-order chi connectivity index (χ0) is 23.0. The minimum absolute atomic E-state index is 0.0242. The number of benzene rings is 2. The average Bonchev–Trinajstić information content (AvgIpc) is 2.85. The molecule has 7 heteroatoms. The molecule has 1 unspecified atom stereocenters. The largest absolute Gasteiger partial charge is 0.379 e. The van der Waals surface area contributed by atoms with E-state index in [0.29, 0.717) is 25.5 Å². The number of ether oxygens (including phenoxy) is 1. The second-order valence-corrected chi connectivity index (χ2v) is 8.35. The zero-order valence-corrected chi connectivity index (χ0v) is 19.0. The highest BCUT2D eigenvalue weighted by molar-refractivity contribution is 5.76. The monoisotopic (exact) mass is 446 g/mol. The van der Waals surface area contributed by atoms with Crippen molar-refractivity contribution < 1.29 is 9.53 Å². The molecule has 2 aromatic carbocycles. The lowest BCUT2D eigenvalue weighted by Crippen LogP contribution is -2.49. The van der Waals surface area contributed by atoms with E-state index in [0.717, 1.165) is 30.8 Å². The van der Waals surface area contributed by atoms with Crippen LogP contribution in [0.3, 0.4) is 0 Å². The molecule has 0 saturated carbocycles. The fourth-order valence-corrected chi connectivity index (χ4v) is 4.07. The molecule has 0 radical (unpaired) electrons. The van der Waals surface area contributed by atoms with Crippen molar-refractivity contribution in [1.82, 2.24) is 19.6 Å². The predicted molar refractivity (Wildman–Crippen MR) is 128 cm³/mol. The highest BCUT2D eigenvalue weighted by Gasteiger charge is 2.24. The smallest absolute Gasteiger partial charge is 0.267 e. The van der Waals surface area contributed by atoms with Crippen molar-refractivity contribution in [2.45, 2.75) is 26.1 Å². The Labute approximate surface area is 194 Å². The lowest BCUT2D eigenvalue weighted by molar-refractivity contribution is -0.135. The number of aromatic nitrogens is 2. The number of nitrogens with zero attached hydrogens (tertiary/aromatic N) is 4. The molecule has 4 rings (SSSR count). The molecule has 1 aromatic heterocycles. The molecule has 3 aromatic rings. The first-order valence-corrected chi connectivity index (χ1v) is 11.4. The van der Waals surface area contributed by atoms with Crippen LogP contribution in [-0.2, 0) is 22.6 Å². The molecular weight excluding hydrogens is 416 g/mol. The van der Waals surface area contributed by atoms with Crippen LogP contribution in [0.2, 0.25) is 0 Å². The van der Waals surface area contributed by atoms with E-state index in [1.807, 2.05) is 65.6 Å². The van der Waals surface area contributed by atoms with Gasteiger partial charge in [-0.2, -0.15) is 5.10 Å². The molecule has 172 valence electrons. The van der Waals surface area contributed by atoms with E-state index in [-0.39, 0.29) is 24.1 Å². The Bertz CT molecular complexity index is 1100. The van der Waals surface area contributed by atoms with E-state index in [2.05, 4.69) is 16.9 Å². The molecule has 1 saturated heterocycles. The predicted octanol–water partition coefficient (Wildman–Crippen LogP) is 2.66. The van der Waals surface area contributed by atoms with Gasteiger partial charge in [0.25, 0.3) is 5.56 Å². The van der Waals surface area contributed by atoms with E-state index >= 15 is 0 Å². The van der Waals surface area contributed by atoms with Crippen molar-refractivity contribution in [1.29, 1.82) is 0 Å². The summed E-state index contributed by atoms with van der Waals surface area (Å²) in [7, 11) is 0. The van der Waals surface area contributed by atoms with Gasteiger partial charge in [-0.3, -0.25) is 14.5 Å². The van der Waals surface area contributed by atoms with E-state index in [1.165, 1.54) is 10.7 Å². The van der Waals surface area contributed by atoms with Crippen LogP contribution in [0.4, 0.5) is 0 Å². The molecule has 1 aliphatic heterocycles. The maximum absolute atomic E-state index is 13.5. The van der Waals surface area contributed by atoms with Gasteiger partial charge in [-0.05, 0) is 18.6 Å². The van der Waals surface area contributed by atoms with Crippen LogP contribution in [0.1, 0.15) is 12.5 Å². The molecule has 1 aliphatic rings. The standard InChI is InChI=1S/C26H30N4O3/c1-21(18-28-14-16-33-17-15-28)29(19-22-8-4-2-5-9-22)26(32)20-30-25(31)13-12-24(27-30)23-10-6-3-7-11-23/h2-13,21H,14-20H2,1H3. The Balaban J connectivity index is 1.54.